The van der Waals surface area contributed by atoms with E-state index in [0.29, 0.717) is 11.6 Å². The zero-order valence-corrected chi connectivity index (χ0v) is 19.0. The number of aromatic amines is 1. The Labute approximate surface area is 177 Å². The van der Waals surface area contributed by atoms with Gasteiger partial charge in [0.25, 0.3) is 0 Å². The molecule has 2 N–H and O–H groups in total. The van der Waals surface area contributed by atoms with Crippen molar-refractivity contribution in [2.75, 3.05) is 0 Å². The van der Waals surface area contributed by atoms with Gasteiger partial charge in [-0.3, -0.25) is 5.10 Å². The van der Waals surface area contributed by atoms with Crippen molar-refractivity contribution in [3.05, 3.63) is 35.6 Å². The van der Waals surface area contributed by atoms with E-state index in [0.717, 1.165) is 36.0 Å². The van der Waals surface area contributed by atoms with Gasteiger partial charge >= 0.3 is 5.97 Å². The van der Waals surface area contributed by atoms with Crippen LogP contribution in [0, 0.1) is 7.14 Å². The second-order valence-corrected chi connectivity index (χ2v) is 8.65. The number of carbonyl (C=O) groups is 1. The number of carboxylic acids is 1. The normalized spacial score (nSPS) is 11.8. The summed E-state index contributed by atoms with van der Waals surface area (Å²) in [7, 11) is 0. The number of aryl methyl sites for hydroxylation is 1. The molecule has 0 saturated heterocycles. The van der Waals surface area contributed by atoms with E-state index < -0.39 is 5.97 Å². The average Bonchev–Trinajstić information content (AvgIpc) is 2.97. The van der Waals surface area contributed by atoms with Crippen LogP contribution in [0.25, 0.3) is 6.08 Å². The number of aromatic nitrogens is 3. The van der Waals surface area contributed by atoms with Crippen molar-refractivity contribution in [3.63, 3.8) is 0 Å². The summed E-state index contributed by atoms with van der Waals surface area (Å²) in [5.74, 6) is 0.534. The summed E-state index contributed by atoms with van der Waals surface area (Å²) in [6.45, 7) is 5.90. The fourth-order valence-electron chi connectivity index (χ4n) is 1.88. The summed E-state index contributed by atoms with van der Waals surface area (Å²) in [5.41, 5.74) is 0.793. The van der Waals surface area contributed by atoms with Crippen LogP contribution in [0.3, 0.4) is 0 Å². The molecule has 134 valence electrons. The molecule has 0 aliphatic rings. The Morgan fingerprint density at radius 3 is 2.52 bits per heavy atom. The monoisotopic (exact) mass is 585 g/mol. The summed E-state index contributed by atoms with van der Waals surface area (Å²) < 4.78 is 7.68. The zero-order chi connectivity index (χ0) is 18.6. The van der Waals surface area contributed by atoms with Gasteiger partial charge in [0.15, 0.2) is 0 Å². The number of carboxylic acid groups (broad SMARTS) is 1. The standard InChI is InChI=1S/C16H17I2N3O3S/c1-4-13-19-16(21-20-13)25-12(15(22)23)7-9-5-10(17)14(11(18)6-9)24-8(2)3/h5-8H,4H2,1-3H3,(H,22,23)(H,19,20,21)/b12-7-. The van der Waals surface area contributed by atoms with Crippen LogP contribution in [-0.4, -0.2) is 32.4 Å². The molecule has 2 rings (SSSR count). The molecule has 0 spiro atoms. The van der Waals surface area contributed by atoms with Gasteiger partial charge in [0.1, 0.15) is 16.5 Å². The molecule has 1 heterocycles. The van der Waals surface area contributed by atoms with Gasteiger partial charge < -0.3 is 9.84 Å². The molecule has 0 aliphatic carbocycles. The van der Waals surface area contributed by atoms with Gasteiger partial charge in [-0.05, 0) is 94.6 Å². The summed E-state index contributed by atoms with van der Waals surface area (Å²) in [5, 5.41) is 16.7. The van der Waals surface area contributed by atoms with E-state index in [1.54, 1.807) is 6.08 Å². The predicted octanol–water partition coefficient (Wildman–Crippen LogP) is 4.58. The van der Waals surface area contributed by atoms with Crippen LogP contribution in [-0.2, 0) is 11.2 Å². The Hall–Kier alpha value is -0.820. The van der Waals surface area contributed by atoms with E-state index >= 15 is 0 Å². The van der Waals surface area contributed by atoms with E-state index in [9.17, 15) is 9.90 Å². The lowest BCUT2D eigenvalue weighted by Gasteiger charge is -2.14. The lowest BCUT2D eigenvalue weighted by atomic mass is 10.2. The van der Waals surface area contributed by atoms with Crippen LogP contribution in [0.1, 0.15) is 32.2 Å². The van der Waals surface area contributed by atoms with Crippen LogP contribution in [0.5, 0.6) is 5.75 Å². The molecule has 2 aromatic rings. The second-order valence-electron chi connectivity index (χ2n) is 5.31. The van der Waals surface area contributed by atoms with Crippen molar-refractivity contribution < 1.29 is 14.6 Å². The minimum Gasteiger partial charge on any atom is -0.489 e. The molecule has 0 amide bonds. The van der Waals surface area contributed by atoms with Gasteiger partial charge in [-0.2, -0.15) is 0 Å². The minimum absolute atomic E-state index is 0.0760. The molecular weight excluding hydrogens is 568 g/mol. The first-order valence-electron chi connectivity index (χ1n) is 7.50. The molecule has 9 heteroatoms. The van der Waals surface area contributed by atoms with Gasteiger partial charge in [-0.15, -0.1) is 5.10 Å². The topological polar surface area (TPSA) is 88.1 Å². The van der Waals surface area contributed by atoms with Crippen LogP contribution in [0.4, 0.5) is 0 Å². The molecule has 0 unspecified atom stereocenters. The summed E-state index contributed by atoms with van der Waals surface area (Å²) in [6, 6.07) is 3.80. The number of halogens is 2. The van der Waals surface area contributed by atoms with E-state index in [1.807, 2.05) is 32.9 Å². The van der Waals surface area contributed by atoms with Crippen LogP contribution in [0.2, 0.25) is 0 Å². The lowest BCUT2D eigenvalue weighted by molar-refractivity contribution is -0.131. The van der Waals surface area contributed by atoms with Crippen LogP contribution >= 0.6 is 56.9 Å². The highest BCUT2D eigenvalue weighted by atomic mass is 127. The van der Waals surface area contributed by atoms with E-state index in [1.165, 1.54) is 0 Å². The first-order chi connectivity index (χ1) is 11.8. The number of thioether (sulfide) groups is 1. The molecule has 25 heavy (non-hydrogen) atoms. The van der Waals surface area contributed by atoms with Crippen molar-refractivity contribution in [3.8, 4) is 5.75 Å². The zero-order valence-electron chi connectivity index (χ0n) is 13.8. The molecule has 6 nitrogen and oxygen atoms in total. The number of hydrogen-bond acceptors (Lipinski definition) is 5. The Morgan fingerprint density at radius 1 is 1.40 bits per heavy atom. The van der Waals surface area contributed by atoms with E-state index in [-0.39, 0.29) is 11.0 Å². The molecule has 1 aromatic carbocycles. The summed E-state index contributed by atoms with van der Waals surface area (Å²) in [6.07, 6.45) is 2.42. The fraction of sp³-hybridized carbons (Fsp3) is 0.312. The fourth-order valence-corrected chi connectivity index (χ4v) is 4.67. The van der Waals surface area contributed by atoms with Gasteiger partial charge in [0.2, 0.25) is 5.16 Å². The molecule has 0 radical (unpaired) electrons. The Balaban J connectivity index is 2.32. The highest BCUT2D eigenvalue weighted by molar-refractivity contribution is 14.1. The van der Waals surface area contributed by atoms with Gasteiger partial charge in [0.05, 0.1) is 13.2 Å². The Kier molecular flexibility index (Phi) is 7.55. The van der Waals surface area contributed by atoms with Crippen molar-refractivity contribution in [2.24, 2.45) is 0 Å². The minimum atomic E-state index is -1.01. The summed E-state index contributed by atoms with van der Waals surface area (Å²) >= 11 is 5.42. The molecule has 0 fully saturated rings. The van der Waals surface area contributed by atoms with Gasteiger partial charge in [0, 0.05) is 6.42 Å². The number of aliphatic carboxylic acids is 1. The summed E-state index contributed by atoms with van der Waals surface area (Å²) in [4.78, 5) is 16.0. The first-order valence-corrected chi connectivity index (χ1v) is 10.5. The first kappa shape index (κ1) is 20.5. The Morgan fingerprint density at radius 2 is 2.04 bits per heavy atom. The van der Waals surface area contributed by atoms with E-state index in [4.69, 9.17) is 4.74 Å². The smallest absolute Gasteiger partial charge is 0.342 e. The van der Waals surface area contributed by atoms with Crippen molar-refractivity contribution in [1.82, 2.24) is 15.2 Å². The maximum absolute atomic E-state index is 11.6. The Bertz CT molecular complexity index is 783. The number of H-pyrrole nitrogens is 1. The average molecular weight is 585 g/mol. The molecule has 0 bridgehead atoms. The quantitative estimate of drug-likeness (QED) is 0.281. The molecule has 1 aromatic heterocycles. The van der Waals surface area contributed by atoms with Crippen molar-refractivity contribution in [2.45, 2.75) is 38.5 Å². The largest absolute Gasteiger partial charge is 0.489 e. The molecular formula is C16H17I2N3O3S. The maximum atomic E-state index is 11.6. The van der Waals surface area contributed by atoms with Crippen LogP contribution in [0.15, 0.2) is 22.2 Å². The van der Waals surface area contributed by atoms with Crippen LogP contribution < -0.4 is 4.74 Å². The highest BCUT2D eigenvalue weighted by Crippen LogP contribution is 2.32. The third kappa shape index (κ3) is 5.84. The third-order valence-corrected chi connectivity index (χ3v) is 5.41. The number of rotatable bonds is 7. The molecule has 0 aliphatic heterocycles. The second kappa shape index (κ2) is 9.21. The predicted molar refractivity (Wildman–Crippen MR) is 115 cm³/mol. The number of benzene rings is 1. The number of nitrogens with one attached hydrogen (secondary N) is 1. The number of hydrogen-bond donors (Lipinski definition) is 2. The van der Waals surface area contributed by atoms with Gasteiger partial charge in [-0.25, -0.2) is 9.78 Å². The number of ether oxygens (including phenoxy) is 1. The van der Waals surface area contributed by atoms with E-state index in [2.05, 4.69) is 60.4 Å². The maximum Gasteiger partial charge on any atom is 0.342 e. The SMILES string of the molecule is CCc1nc(S/C(=C\c2cc(I)c(OC(C)C)c(I)c2)C(=O)O)n[nH]1. The van der Waals surface area contributed by atoms with Gasteiger partial charge in [-0.1, -0.05) is 6.92 Å². The number of nitrogens with zero attached hydrogens (tertiary/aromatic N) is 2. The highest BCUT2D eigenvalue weighted by Gasteiger charge is 2.15. The third-order valence-electron chi connectivity index (χ3n) is 2.93. The van der Waals surface area contributed by atoms with Crippen molar-refractivity contribution >= 4 is 69.0 Å². The molecule has 0 atom stereocenters. The van der Waals surface area contributed by atoms with Crippen molar-refractivity contribution in [1.29, 1.82) is 0 Å². The lowest BCUT2D eigenvalue weighted by Crippen LogP contribution is -2.08. The molecule has 0 saturated carbocycles.